The van der Waals surface area contributed by atoms with Crippen LogP contribution in [-0.4, -0.2) is 19.1 Å². The Kier molecular flexibility index (Phi) is 4.09. The molecule has 0 spiro atoms. The Hall–Kier alpha value is -2.43. The van der Waals surface area contributed by atoms with Crippen LogP contribution in [0.1, 0.15) is 18.6 Å². The predicted molar refractivity (Wildman–Crippen MR) is 77.7 cm³/mol. The van der Waals surface area contributed by atoms with Crippen LogP contribution in [0, 0.1) is 0 Å². The van der Waals surface area contributed by atoms with Gasteiger partial charge in [-0.25, -0.2) is 0 Å². The van der Waals surface area contributed by atoms with Gasteiger partial charge in [0.1, 0.15) is 5.76 Å². The summed E-state index contributed by atoms with van der Waals surface area (Å²) in [7, 11) is 0. The number of nitrogens with one attached hydrogen (secondary N) is 1. The standard InChI is InChI=1S/C16H17NO4/c18-16(7-5-13-3-1-8-19-13)17-12-4-6-14-15(11-12)21-10-2-9-20-14/h1,3-4,6,8,11H,2,5,7,9-10H2,(H,17,18). The monoisotopic (exact) mass is 287 g/mol. The van der Waals surface area contributed by atoms with Gasteiger partial charge in [-0.3, -0.25) is 4.79 Å². The Balaban J connectivity index is 1.59. The lowest BCUT2D eigenvalue weighted by Crippen LogP contribution is -2.12. The lowest BCUT2D eigenvalue weighted by molar-refractivity contribution is -0.116. The first kappa shape index (κ1) is 13.5. The molecule has 21 heavy (non-hydrogen) atoms. The average molecular weight is 287 g/mol. The molecule has 5 nitrogen and oxygen atoms in total. The molecule has 1 aliphatic heterocycles. The molecule has 1 amide bonds. The van der Waals surface area contributed by atoms with Crippen LogP contribution in [0.4, 0.5) is 5.69 Å². The first-order valence-electron chi connectivity index (χ1n) is 7.03. The molecule has 0 aliphatic carbocycles. The van der Waals surface area contributed by atoms with Crippen LogP contribution >= 0.6 is 0 Å². The topological polar surface area (TPSA) is 60.7 Å². The number of hydrogen-bond acceptors (Lipinski definition) is 4. The van der Waals surface area contributed by atoms with Crippen LogP contribution in [0.2, 0.25) is 0 Å². The highest BCUT2D eigenvalue weighted by Crippen LogP contribution is 2.32. The van der Waals surface area contributed by atoms with E-state index in [1.165, 1.54) is 0 Å². The molecular weight excluding hydrogens is 270 g/mol. The van der Waals surface area contributed by atoms with E-state index in [2.05, 4.69) is 5.32 Å². The molecule has 1 N–H and O–H groups in total. The SMILES string of the molecule is O=C(CCc1ccco1)Nc1ccc2c(c1)OCCCO2. The van der Waals surface area contributed by atoms with Gasteiger partial charge in [0, 0.05) is 31.0 Å². The van der Waals surface area contributed by atoms with Crippen molar-refractivity contribution in [2.75, 3.05) is 18.5 Å². The minimum Gasteiger partial charge on any atom is -0.490 e. The molecule has 0 saturated carbocycles. The molecular formula is C16H17NO4. The second kappa shape index (κ2) is 6.35. The number of hydrogen-bond donors (Lipinski definition) is 1. The summed E-state index contributed by atoms with van der Waals surface area (Å²) in [5, 5.41) is 2.86. The Labute approximate surface area is 122 Å². The third-order valence-electron chi connectivity index (χ3n) is 3.21. The minimum atomic E-state index is -0.0547. The molecule has 2 aromatic rings. The zero-order valence-electron chi connectivity index (χ0n) is 11.6. The van der Waals surface area contributed by atoms with Crippen molar-refractivity contribution in [1.29, 1.82) is 0 Å². The van der Waals surface area contributed by atoms with Crippen LogP contribution in [0.15, 0.2) is 41.0 Å². The highest BCUT2D eigenvalue weighted by Gasteiger charge is 2.12. The van der Waals surface area contributed by atoms with Crippen molar-refractivity contribution in [3.63, 3.8) is 0 Å². The van der Waals surface area contributed by atoms with Crippen molar-refractivity contribution in [1.82, 2.24) is 0 Å². The maximum atomic E-state index is 11.9. The number of amides is 1. The van der Waals surface area contributed by atoms with E-state index < -0.39 is 0 Å². The van der Waals surface area contributed by atoms with Crippen LogP contribution < -0.4 is 14.8 Å². The molecule has 3 rings (SSSR count). The summed E-state index contributed by atoms with van der Waals surface area (Å²) in [4.78, 5) is 11.9. The van der Waals surface area contributed by atoms with Crippen LogP contribution in [0.25, 0.3) is 0 Å². The molecule has 110 valence electrons. The molecule has 2 heterocycles. The number of carbonyl (C=O) groups excluding carboxylic acids is 1. The van der Waals surface area contributed by atoms with Gasteiger partial charge in [-0.1, -0.05) is 0 Å². The van der Waals surface area contributed by atoms with E-state index in [0.717, 1.165) is 17.9 Å². The summed E-state index contributed by atoms with van der Waals surface area (Å²) in [5.41, 5.74) is 0.712. The van der Waals surface area contributed by atoms with E-state index in [1.807, 2.05) is 24.3 Å². The maximum absolute atomic E-state index is 11.9. The van der Waals surface area contributed by atoms with Crippen LogP contribution in [0.5, 0.6) is 11.5 Å². The van der Waals surface area contributed by atoms with E-state index in [9.17, 15) is 4.79 Å². The van der Waals surface area contributed by atoms with Gasteiger partial charge >= 0.3 is 0 Å². The normalized spacial score (nSPS) is 13.5. The first-order valence-corrected chi connectivity index (χ1v) is 7.03. The van der Waals surface area contributed by atoms with Crippen molar-refractivity contribution in [2.45, 2.75) is 19.3 Å². The van der Waals surface area contributed by atoms with Crippen LogP contribution in [-0.2, 0) is 11.2 Å². The minimum absolute atomic E-state index is 0.0547. The second-order valence-electron chi connectivity index (χ2n) is 4.84. The van der Waals surface area contributed by atoms with Crippen molar-refractivity contribution < 1.29 is 18.7 Å². The molecule has 5 heteroatoms. The molecule has 0 fully saturated rings. The maximum Gasteiger partial charge on any atom is 0.224 e. The van der Waals surface area contributed by atoms with E-state index in [1.54, 1.807) is 12.3 Å². The van der Waals surface area contributed by atoms with E-state index >= 15 is 0 Å². The summed E-state index contributed by atoms with van der Waals surface area (Å²) in [6.07, 6.45) is 3.43. The average Bonchev–Trinajstić information content (AvgIpc) is 2.90. The predicted octanol–water partition coefficient (Wildman–Crippen LogP) is 3.01. The molecule has 0 saturated heterocycles. The first-order chi connectivity index (χ1) is 10.3. The summed E-state index contributed by atoms with van der Waals surface area (Å²) < 4.78 is 16.4. The third-order valence-corrected chi connectivity index (χ3v) is 3.21. The Morgan fingerprint density at radius 1 is 1.14 bits per heavy atom. The van der Waals surface area contributed by atoms with E-state index in [4.69, 9.17) is 13.9 Å². The molecule has 1 aromatic heterocycles. The second-order valence-corrected chi connectivity index (χ2v) is 4.84. The number of fused-ring (bicyclic) bond motifs is 1. The molecule has 1 aromatic carbocycles. The Morgan fingerprint density at radius 3 is 2.81 bits per heavy atom. The number of aryl methyl sites for hydroxylation is 1. The van der Waals surface area contributed by atoms with E-state index in [-0.39, 0.29) is 5.91 Å². The Bertz CT molecular complexity index is 607. The Morgan fingerprint density at radius 2 is 2.00 bits per heavy atom. The fraction of sp³-hybridized carbons (Fsp3) is 0.312. The largest absolute Gasteiger partial charge is 0.490 e. The van der Waals surface area contributed by atoms with Gasteiger partial charge < -0.3 is 19.2 Å². The summed E-state index contributed by atoms with van der Waals surface area (Å²) in [5.74, 6) is 2.15. The zero-order chi connectivity index (χ0) is 14.5. The van der Waals surface area contributed by atoms with Gasteiger partial charge in [-0.15, -0.1) is 0 Å². The molecule has 0 radical (unpaired) electrons. The molecule has 0 bridgehead atoms. The number of furan rings is 1. The van der Waals surface area contributed by atoms with Crippen molar-refractivity contribution in [2.24, 2.45) is 0 Å². The van der Waals surface area contributed by atoms with Gasteiger partial charge in [0.05, 0.1) is 19.5 Å². The highest BCUT2D eigenvalue weighted by atomic mass is 16.5. The van der Waals surface area contributed by atoms with Crippen molar-refractivity contribution in [3.05, 3.63) is 42.4 Å². The quantitative estimate of drug-likeness (QED) is 0.939. The fourth-order valence-corrected chi connectivity index (χ4v) is 2.16. The number of carbonyl (C=O) groups is 1. The third kappa shape index (κ3) is 3.56. The number of anilines is 1. The summed E-state index contributed by atoms with van der Waals surface area (Å²) in [6, 6.07) is 9.12. The lowest BCUT2D eigenvalue weighted by atomic mass is 10.2. The van der Waals surface area contributed by atoms with Gasteiger partial charge in [-0.05, 0) is 24.3 Å². The molecule has 0 atom stereocenters. The summed E-state index contributed by atoms with van der Waals surface area (Å²) >= 11 is 0. The fourth-order valence-electron chi connectivity index (χ4n) is 2.16. The smallest absolute Gasteiger partial charge is 0.224 e. The van der Waals surface area contributed by atoms with Crippen LogP contribution in [0.3, 0.4) is 0 Å². The number of ether oxygens (including phenoxy) is 2. The van der Waals surface area contributed by atoms with Gasteiger partial charge in [0.2, 0.25) is 5.91 Å². The number of benzene rings is 1. The van der Waals surface area contributed by atoms with Gasteiger partial charge in [0.25, 0.3) is 0 Å². The van der Waals surface area contributed by atoms with Gasteiger partial charge in [-0.2, -0.15) is 0 Å². The summed E-state index contributed by atoms with van der Waals surface area (Å²) in [6.45, 7) is 1.28. The molecule has 0 unspecified atom stereocenters. The lowest BCUT2D eigenvalue weighted by Gasteiger charge is -2.10. The van der Waals surface area contributed by atoms with E-state index in [0.29, 0.717) is 37.5 Å². The van der Waals surface area contributed by atoms with Gasteiger partial charge in [0.15, 0.2) is 11.5 Å². The number of rotatable bonds is 4. The zero-order valence-corrected chi connectivity index (χ0v) is 11.6. The highest BCUT2D eigenvalue weighted by molar-refractivity contribution is 5.91. The van der Waals surface area contributed by atoms with Crippen molar-refractivity contribution >= 4 is 11.6 Å². The van der Waals surface area contributed by atoms with Crippen molar-refractivity contribution in [3.8, 4) is 11.5 Å². The molecule has 1 aliphatic rings.